The molecule has 0 aromatic carbocycles. The Balaban J connectivity index is 1.73. The Hall–Kier alpha value is -1.88. The first-order valence-corrected chi connectivity index (χ1v) is 6.94. The number of amides is 1. The van der Waals surface area contributed by atoms with Crippen LogP contribution in [0.2, 0.25) is 0 Å². The maximum Gasteiger partial charge on any atom is 0.220 e. The van der Waals surface area contributed by atoms with Crippen LogP contribution in [-0.4, -0.2) is 18.0 Å². The second-order valence-corrected chi connectivity index (χ2v) is 5.10. The van der Waals surface area contributed by atoms with E-state index in [1.807, 2.05) is 23.6 Å². The lowest BCUT2D eigenvalue weighted by Crippen LogP contribution is -2.22. The van der Waals surface area contributed by atoms with Crippen molar-refractivity contribution in [2.45, 2.75) is 19.4 Å². The van der Waals surface area contributed by atoms with Crippen molar-refractivity contribution in [3.05, 3.63) is 46.3 Å². The second kappa shape index (κ2) is 6.89. The van der Waals surface area contributed by atoms with E-state index in [9.17, 15) is 4.79 Å². The average Bonchev–Trinajstić information content (AvgIpc) is 2.96. The van der Waals surface area contributed by atoms with Crippen LogP contribution in [0.25, 0.3) is 0 Å². The van der Waals surface area contributed by atoms with Crippen LogP contribution in [-0.2, 0) is 17.8 Å². The maximum atomic E-state index is 11.7. The fraction of sp³-hybridized carbons (Fsp3) is 0.286. The quantitative estimate of drug-likeness (QED) is 0.881. The van der Waals surface area contributed by atoms with Crippen LogP contribution in [0, 0.1) is 0 Å². The summed E-state index contributed by atoms with van der Waals surface area (Å²) in [5, 5.41) is 4.91. The van der Waals surface area contributed by atoms with E-state index in [1.54, 1.807) is 30.7 Å². The van der Waals surface area contributed by atoms with Crippen molar-refractivity contribution in [2.75, 3.05) is 7.11 Å². The van der Waals surface area contributed by atoms with Crippen molar-refractivity contribution >= 4 is 17.2 Å². The van der Waals surface area contributed by atoms with Gasteiger partial charge in [0.15, 0.2) is 0 Å². The summed E-state index contributed by atoms with van der Waals surface area (Å²) in [7, 11) is 1.58. The number of rotatable bonds is 6. The third-order valence-electron chi connectivity index (χ3n) is 2.67. The number of carbonyl (C=O) groups is 1. The van der Waals surface area contributed by atoms with Gasteiger partial charge in [-0.3, -0.25) is 4.79 Å². The molecule has 2 aromatic rings. The minimum atomic E-state index is 0.0595. The van der Waals surface area contributed by atoms with Crippen LogP contribution in [0.3, 0.4) is 0 Å². The maximum absolute atomic E-state index is 11.7. The van der Waals surface area contributed by atoms with Crippen molar-refractivity contribution in [2.24, 2.45) is 0 Å². The number of hydrogen-bond acceptors (Lipinski definition) is 4. The van der Waals surface area contributed by atoms with Gasteiger partial charge in [-0.1, -0.05) is 12.1 Å². The van der Waals surface area contributed by atoms with Gasteiger partial charge in [0, 0.05) is 30.1 Å². The van der Waals surface area contributed by atoms with E-state index >= 15 is 0 Å². The van der Waals surface area contributed by atoms with Gasteiger partial charge in [-0.05, 0) is 23.4 Å². The van der Waals surface area contributed by atoms with Gasteiger partial charge < -0.3 is 10.1 Å². The van der Waals surface area contributed by atoms with E-state index in [0.29, 0.717) is 18.8 Å². The molecular weight excluding hydrogens is 260 g/mol. The van der Waals surface area contributed by atoms with E-state index < -0.39 is 0 Å². The predicted molar refractivity (Wildman–Crippen MR) is 75.3 cm³/mol. The number of nitrogens with one attached hydrogen (secondary N) is 1. The minimum Gasteiger partial charge on any atom is -0.481 e. The molecule has 0 unspecified atom stereocenters. The molecule has 2 heterocycles. The molecule has 100 valence electrons. The van der Waals surface area contributed by atoms with Crippen LogP contribution >= 0.6 is 11.3 Å². The average molecular weight is 276 g/mol. The molecule has 5 heteroatoms. The number of ether oxygens (including phenoxy) is 1. The zero-order valence-corrected chi connectivity index (χ0v) is 11.6. The van der Waals surface area contributed by atoms with Crippen LogP contribution in [0.4, 0.5) is 0 Å². The molecule has 1 N–H and O–H groups in total. The molecule has 4 nitrogen and oxygen atoms in total. The molecule has 0 fully saturated rings. The Morgan fingerprint density at radius 3 is 2.95 bits per heavy atom. The molecule has 0 radical (unpaired) electrons. The molecular formula is C14H16N2O2S. The highest BCUT2D eigenvalue weighted by molar-refractivity contribution is 7.09. The van der Waals surface area contributed by atoms with Crippen molar-refractivity contribution < 1.29 is 9.53 Å². The number of thiophene rings is 1. The summed E-state index contributed by atoms with van der Waals surface area (Å²) < 4.78 is 4.98. The number of carbonyl (C=O) groups excluding carboxylic acids is 1. The summed E-state index contributed by atoms with van der Waals surface area (Å²) in [4.78, 5) is 17.0. The summed E-state index contributed by atoms with van der Waals surface area (Å²) >= 11 is 1.68. The summed E-state index contributed by atoms with van der Waals surface area (Å²) in [6.45, 7) is 0.500. The number of hydrogen-bond donors (Lipinski definition) is 1. The van der Waals surface area contributed by atoms with Crippen LogP contribution in [0.1, 0.15) is 16.9 Å². The lowest BCUT2D eigenvalue weighted by Gasteiger charge is -2.05. The van der Waals surface area contributed by atoms with Gasteiger partial charge in [-0.2, -0.15) is 0 Å². The van der Waals surface area contributed by atoms with Crippen LogP contribution in [0.5, 0.6) is 5.88 Å². The lowest BCUT2D eigenvalue weighted by molar-refractivity contribution is -0.121. The predicted octanol–water partition coefficient (Wildman–Crippen LogP) is 2.40. The SMILES string of the molecule is COc1ccc(CNC(=O)CCc2cccs2)cn1. The molecule has 0 atom stereocenters. The van der Waals surface area contributed by atoms with E-state index in [4.69, 9.17) is 4.74 Å². The molecule has 0 aliphatic rings. The van der Waals surface area contributed by atoms with Crippen molar-refractivity contribution in [1.29, 1.82) is 0 Å². The van der Waals surface area contributed by atoms with Gasteiger partial charge in [-0.15, -0.1) is 11.3 Å². The molecule has 0 spiro atoms. The Morgan fingerprint density at radius 2 is 2.32 bits per heavy atom. The fourth-order valence-corrected chi connectivity index (χ4v) is 2.33. The molecule has 0 bridgehead atoms. The Labute approximate surface area is 116 Å². The zero-order chi connectivity index (χ0) is 13.5. The van der Waals surface area contributed by atoms with Gasteiger partial charge in [0.1, 0.15) is 0 Å². The zero-order valence-electron chi connectivity index (χ0n) is 10.8. The highest BCUT2D eigenvalue weighted by atomic mass is 32.1. The summed E-state index contributed by atoms with van der Waals surface area (Å²) in [5.74, 6) is 0.636. The molecule has 0 aliphatic heterocycles. The first-order valence-electron chi connectivity index (χ1n) is 6.06. The van der Waals surface area contributed by atoms with E-state index in [2.05, 4.69) is 10.3 Å². The van der Waals surface area contributed by atoms with Gasteiger partial charge in [0.25, 0.3) is 0 Å². The number of pyridine rings is 1. The van der Waals surface area contributed by atoms with Gasteiger partial charge >= 0.3 is 0 Å². The van der Waals surface area contributed by atoms with E-state index in [0.717, 1.165) is 12.0 Å². The molecule has 0 saturated heterocycles. The normalized spacial score (nSPS) is 10.2. The van der Waals surface area contributed by atoms with E-state index in [1.165, 1.54) is 4.88 Å². The van der Waals surface area contributed by atoms with Gasteiger partial charge in [0.2, 0.25) is 11.8 Å². The Kier molecular flexibility index (Phi) is 4.92. The lowest BCUT2D eigenvalue weighted by atomic mass is 10.2. The fourth-order valence-electron chi connectivity index (χ4n) is 1.62. The summed E-state index contributed by atoms with van der Waals surface area (Å²) in [5.41, 5.74) is 0.963. The second-order valence-electron chi connectivity index (χ2n) is 4.06. The number of aromatic nitrogens is 1. The standard InChI is InChI=1S/C14H16N2O2S/c1-18-14-7-4-11(10-16-14)9-15-13(17)6-5-12-3-2-8-19-12/h2-4,7-8,10H,5-6,9H2,1H3,(H,15,17). The monoisotopic (exact) mass is 276 g/mol. The van der Waals surface area contributed by atoms with Crippen molar-refractivity contribution in [1.82, 2.24) is 10.3 Å². The number of methoxy groups -OCH3 is 1. The summed E-state index contributed by atoms with van der Waals surface area (Å²) in [6.07, 6.45) is 3.02. The molecule has 2 aromatic heterocycles. The summed E-state index contributed by atoms with van der Waals surface area (Å²) in [6, 6.07) is 7.73. The van der Waals surface area contributed by atoms with Gasteiger partial charge in [0.05, 0.1) is 7.11 Å². The molecule has 0 aliphatic carbocycles. The van der Waals surface area contributed by atoms with Crippen LogP contribution < -0.4 is 10.1 Å². The van der Waals surface area contributed by atoms with E-state index in [-0.39, 0.29) is 5.91 Å². The minimum absolute atomic E-state index is 0.0595. The first-order chi connectivity index (χ1) is 9.28. The molecule has 1 amide bonds. The number of aryl methyl sites for hydroxylation is 1. The smallest absolute Gasteiger partial charge is 0.220 e. The third kappa shape index (κ3) is 4.37. The first kappa shape index (κ1) is 13.5. The van der Waals surface area contributed by atoms with Crippen molar-refractivity contribution in [3.8, 4) is 5.88 Å². The Morgan fingerprint density at radius 1 is 1.42 bits per heavy atom. The largest absolute Gasteiger partial charge is 0.481 e. The highest BCUT2D eigenvalue weighted by Gasteiger charge is 2.03. The molecule has 0 saturated carbocycles. The van der Waals surface area contributed by atoms with Crippen molar-refractivity contribution in [3.63, 3.8) is 0 Å². The molecule has 2 rings (SSSR count). The van der Waals surface area contributed by atoms with Gasteiger partial charge in [-0.25, -0.2) is 4.98 Å². The number of nitrogens with zero attached hydrogens (tertiary/aromatic N) is 1. The topological polar surface area (TPSA) is 51.2 Å². The van der Waals surface area contributed by atoms with Crippen LogP contribution in [0.15, 0.2) is 35.8 Å². The Bertz CT molecular complexity index is 509. The highest BCUT2D eigenvalue weighted by Crippen LogP contribution is 2.11. The third-order valence-corrected chi connectivity index (χ3v) is 3.61. The molecule has 19 heavy (non-hydrogen) atoms.